The first kappa shape index (κ1) is 62.5. The quantitative estimate of drug-likeness (QED) is 0.0302. The summed E-state index contributed by atoms with van der Waals surface area (Å²) in [7, 11) is 3.44. The summed E-state index contributed by atoms with van der Waals surface area (Å²) < 4.78 is 14.5. The standard InChI is InChI=1S/C37H39Cl2N13O7.C17H16Cl2N10O/c1-21(33-27(19-41-30-17-29(39)48-51(30)33)46-37(57)45-22-16-25(38)34(42-18-22)52-43-9-10-44-52)49(2)32(54)8-12-58-14-15-59-13-11-40-26-5-3-4-23-24(26)20-50(36(23)56)28-6-7-31(53)47-35(28)55;1-9(20-2)15-12(8-21-14-6-13(19)27-28(14)15)26-17(30)25-10-5-11(18)16(22-7-10)29-23-3-4-24-29/h3-5,9-10,16-19,21,28,40H,6-8,11-15,20H2,1-2H3,(H2,45,46,57)(H,47,53,55);3-9,20H,1-2H3,(H2,25,26,30)/t21-,28?;9-/m00/s1. The highest BCUT2D eigenvalue weighted by Gasteiger charge is 2.40. The van der Waals surface area contributed by atoms with Crippen molar-refractivity contribution >= 4 is 122 Å². The topological polar surface area (TPSA) is 359 Å². The third kappa shape index (κ3) is 14.6. The maximum Gasteiger partial charge on any atom is 0.323 e. The molecule has 462 valence electrons. The molecule has 1 unspecified atom stereocenters. The molecule has 11 rings (SSSR count). The Hall–Kier alpha value is -9.50. The zero-order valence-electron chi connectivity index (χ0n) is 47.7. The van der Waals surface area contributed by atoms with Gasteiger partial charge >= 0.3 is 12.1 Å². The van der Waals surface area contributed by atoms with Gasteiger partial charge in [-0.3, -0.25) is 24.5 Å². The lowest BCUT2D eigenvalue weighted by Gasteiger charge is -2.29. The molecule has 0 aliphatic carbocycles. The average molecular weight is 1300 g/mol. The van der Waals surface area contributed by atoms with E-state index in [9.17, 15) is 28.8 Å². The van der Waals surface area contributed by atoms with E-state index in [-0.39, 0.29) is 89.7 Å². The maximum atomic E-state index is 13.3. The van der Waals surface area contributed by atoms with Crippen molar-refractivity contribution < 1.29 is 38.2 Å². The molecular weight excluding hydrogens is 1240 g/mol. The third-order valence-electron chi connectivity index (χ3n) is 14.0. The van der Waals surface area contributed by atoms with Crippen molar-refractivity contribution in [3.8, 4) is 11.6 Å². The molecule has 2 aliphatic heterocycles. The van der Waals surface area contributed by atoms with Gasteiger partial charge in [0.05, 0.1) is 133 Å². The Morgan fingerprint density at radius 2 is 1.25 bits per heavy atom. The van der Waals surface area contributed by atoms with Crippen molar-refractivity contribution in [2.45, 2.75) is 57.8 Å². The molecule has 1 saturated heterocycles. The van der Waals surface area contributed by atoms with Crippen molar-refractivity contribution in [3.05, 3.63) is 135 Å². The summed E-state index contributed by atoms with van der Waals surface area (Å²) >= 11 is 24.8. The molecule has 8 aromatic heterocycles. The summed E-state index contributed by atoms with van der Waals surface area (Å²) in [6, 6.07) is 9.09. The third-order valence-corrected chi connectivity index (χ3v) is 15.0. The Morgan fingerprint density at radius 1 is 0.697 bits per heavy atom. The molecule has 2 aliphatic rings. The van der Waals surface area contributed by atoms with E-state index in [1.165, 1.54) is 73.4 Å². The second-order valence-electron chi connectivity index (χ2n) is 19.8. The lowest BCUT2D eigenvalue weighted by Crippen LogP contribution is -2.52. The van der Waals surface area contributed by atoms with E-state index in [0.29, 0.717) is 75.9 Å². The molecule has 1 fully saturated rings. The number of carbonyl (C=O) groups excluding carboxylic acids is 6. The van der Waals surface area contributed by atoms with E-state index < -0.39 is 30.1 Å². The first-order valence-corrected chi connectivity index (χ1v) is 28.8. The van der Waals surface area contributed by atoms with E-state index in [2.05, 4.69) is 87.7 Å². The number of hydrogen-bond donors (Lipinski definition) is 7. The molecule has 35 heteroatoms. The molecule has 1 aromatic carbocycles. The lowest BCUT2D eigenvalue weighted by molar-refractivity contribution is -0.137. The first-order valence-electron chi connectivity index (χ1n) is 27.3. The molecule has 0 radical (unpaired) electrons. The number of imide groups is 1. The smallest absolute Gasteiger partial charge is 0.323 e. The van der Waals surface area contributed by atoms with E-state index in [1.54, 1.807) is 62.1 Å². The van der Waals surface area contributed by atoms with Gasteiger partial charge in [0.25, 0.3) is 5.91 Å². The lowest BCUT2D eigenvalue weighted by atomic mass is 10.0. The van der Waals surface area contributed by atoms with Crippen LogP contribution < -0.4 is 37.2 Å². The summed E-state index contributed by atoms with van der Waals surface area (Å²) in [4.78, 5) is 98.8. The van der Waals surface area contributed by atoms with Gasteiger partial charge in [-0.05, 0) is 51.6 Å². The van der Waals surface area contributed by atoms with Gasteiger partial charge in [-0.2, -0.15) is 30.6 Å². The van der Waals surface area contributed by atoms with Crippen LogP contribution in [0.2, 0.25) is 20.4 Å². The Balaban J connectivity index is 0.000000243. The summed E-state index contributed by atoms with van der Waals surface area (Å²) in [5.41, 5.74) is 5.67. The molecule has 89 heavy (non-hydrogen) atoms. The molecule has 9 aromatic rings. The van der Waals surface area contributed by atoms with Gasteiger partial charge in [-0.15, -0.1) is 9.59 Å². The van der Waals surface area contributed by atoms with Gasteiger partial charge in [0.2, 0.25) is 17.7 Å². The highest BCUT2D eigenvalue weighted by molar-refractivity contribution is 6.33. The fourth-order valence-electron chi connectivity index (χ4n) is 9.57. The molecule has 0 bridgehead atoms. The highest BCUT2D eigenvalue weighted by Crippen LogP contribution is 2.34. The van der Waals surface area contributed by atoms with Crippen LogP contribution in [0, 0.1) is 0 Å². The van der Waals surface area contributed by atoms with Gasteiger partial charge in [0.15, 0.2) is 33.2 Å². The fraction of sp³-hybridized carbons (Fsp3) is 0.296. The number of carbonyl (C=O) groups is 6. The number of nitrogens with zero attached hydrogens (tertiary/aromatic N) is 16. The van der Waals surface area contributed by atoms with E-state index >= 15 is 0 Å². The van der Waals surface area contributed by atoms with Crippen LogP contribution in [0.15, 0.2) is 92.0 Å². The second-order valence-corrected chi connectivity index (χ2v) is 21.4. The number of urea groups is 2. The molecule has 0 saturated carbocycles. The van der Waals surface area contributed by atoms with Crippen molar-refractivity contribution in [1.29, 1.82) is 0 Å². The predicted molar refractivity (Wildman–Crippen MR) is 325 cm³/mol. The van der Waals surface area contributed by atoms with Crippen molar-refractivity contribution in [2.75, 3.05) is 73.7 Å². The van der Waals surface area contributed by atoms with Crippen molar-refractivity contribution in [3.63, 3.8) is 0 Å². The van der Waals surface area contributed by atoms with Gasteiger partial charge in [-0.1, -0.05) is 52.5 Å². The van der Waals surface area contributed by atoms with Crippen LogP contribution in [0.3, 0.4) is 0 Å². The van der Waals surface area contributed by atoms with Gasteiger partial charge in [-0.25, -0.2) is 38.6 Å². The Kier molecular flexibility index (Phi) is 19.8. The van der Waals surface area contributed by atoms with Crippen molar-refractivity contribution in [1.82, 2.24) is 89.6 Å². The molecule has 10 heterocycles. The number of nitrogens with one attached hydrogen (secondary N) is 7. The number of fused-ring (bicyclic) bond motifs is 3. The van der Waals surface area contributed by atoms with Gasteiger partial charge in [0, 0.05) is 61.5 Å². The Morgan fingerprint density at radius 3 is 1.80 bits per heavy atom. The number of amides is 8. The van der Waals surface area contributed by atoms with Gasteiger partial charge in [0.1, 0.15) is 6.04 Å². The van der Waals surface area contributed by atoms with Crippen LogP contribution in [0.25, 0.3) is 22.9 Å². The highest BCUT2D eigenvalue weighted by atomic mass is 35.5. The Labute approximate surface area is 525 Å². The number of benzene rings is 1. The fourth-order valence-corrected chi connectivity index (χ4v) is 10.4. The number of piperidine rings is 1. The number of anilines is 5. The van der Waals surface area contributed by atoms with Crippen LogP contribution in [-0.2, 0) is 30.4 Å². The molecule has 8 amide bonds. The number of hydrogen-bond acceptors (Lipinski definition) is 20. The second kappa shape index (κ2) is 28.1. The molecule has 0 spiro atoms. The SMILES string of the molecule is CN[C@@H](C)c1c(NC(=O)Nc2cnc(-n3nccn3)c(Cl)c2)cnc2cc(Cl)nn12.C[C@@H](c1c(NC(=O)Nc2cnc(-n3nccn3)c(Cl)c2)cnc2cc(Cl)nn12)N(C)C(=O)CCOCCOCCNc1cccc2c1CN(C1CCC(=O)NC1=O)C2=O. The van der Waals surface area contributed by atoms with E-state index in [4.69, 9.17) is 55.9 Å². The molecule has 3 atom stereocenters. The summed E-state index contributed by atoms with van der Waals surface area (Å²) in [6.07, 6.45) is 12.4. The number of pyridine rings is 2. The minimum absolute atomic E-state index is 0.0746. The zero-order chi connectivity index (χ0) is 62.9. The van der Waals surface area contributed by atoms with Crippen LogP contribution in [-0.4, -0.2) is 168 Å². The number of ether oxygens (including phenoxy) is 2. The minimum atomic E-state index is -0.685. The number of rotatable bonds is 21. The largest absolute Gasteiger partial charge is 0.382 e. The maximum absolute atomic E-state index is 13.3. The molecule has 31 nitrogen and oxygen atoms in total. The molecular formula is C54H55Cl4N23O8. The Bertz CT molecular complexity index is 4090. The number of halogens is 4. The number of aromatic nitrogens is 14. The zero-order valence-corrected chi connectivity index (χ0v) is 50.7. The van der Waals surface area contributed by atoms with Crippen LogP contribution >= 0.6 is 46.4 Å². The summed E-state index contributed by atoms with van der Waals surface area (Å²) in [5, 5.41) is 45.2. The summed E-state index contributed by atoms with van der Waals surface area (Å²) in [5.74, 6) is -0.608. The normalized spacial score (nSPS) is 14.4. The van der Waals surface area contributed by atoms with E-state index in [0.717, 1.165) is 11.3 Å². The van der Waals surface area contributed by atoms with Crippen molar-refractivity contribution in [2.24, 2.45) is 0 Å². The van der Waals surface area contributed by atoms with Crippen LogP contribution in [0.5, 0.6) is 0 Å². The first-order chi connectivity index (χ1) is 42.9. The van der Waals surface area contributed by atoms with E-state index in [1.807, 2.05) is 13.0 Å². The predicted octanol–water partition coefficient (Wildman–Crippen LogP) is 6.41. The minimum Gasteiger partial charge on any atom is -0.382 e. The van der Waals surface area contributed by atoms with Crippen LogP contribution in [0.4, 0.5) is 38.0 Å². The van der Waals surface area contributed by atoms with Crippen LogP contribution in [0.1, 0.15) is 72.5 Å². The molecule has 7 N–H and O–H groups in total. The summed E-state index contributed by atoms with van der Waals surface area (Å²) in [6.45, 7) is 5.48. The average Bonchev–Trinajstić information content (AvgIpc) is 1.81. The van der Waals surface area contributed by atoms with Gasteiger partial charge < -0.3 is 51.2 Å². The monoisotopic (exact) mass is 1290 g/mol.